The van der Waals surface area contributed by atoms with Crippen LogP contribution in [-0.2, 0) is 29.7 Å². The van der Waals surface area contributed by atoms with E-state index < -0.39 is 20.0 Å². The van der Waals surface area contributed by atoms with Gasteiger partial charge in [-0.25, -0.2) is 16.8 Å². The van der Waals surface area contributed by atoms with E-state index in [-0.39, 0.29) is 9.79 Å². The van der Waals surface area contributed by atoms with Gasteiger partial charge in [0, 0.05) is 61.5 Å². The van der Waals surface area contributed by atoms with Crippen LogP contribution in [0, 0.1) is 0 Å². The largest absolute Gasteiger partial charge is 0.399 e. The first-order valence-electron chi connectivity index (χ1n) is 13.2. The Kier molecular flexibility index (Phi) is 8.54. The molecule has 2 aromatic carbocycles. The average molecular weight is 591 g/mol. The van der Waals surface area contributed by atoms with Crippen molar-refractivity contribution in [1.82, 2.24) is 19.2 Å². The summed E-state index contributed by atoms with van der Waals surface area (Å²) in [7, 11) is -4.78. The van der Waals surface area contributed by atoms with Gasteiger partial charge in [0.05, 0.1) is 9.79 Å². The van der Waals surface area contributed by atoms with E-state index in [1.807, 2.05) is 0 Å². The van der Waals surface area contributed by atoms with E-state index in [9.17, 15) is 16.8 Å². The van der Waals surface area contributed by atoms with Crippen LogP contribution >= 0.6 is 0 Å². The monoisotopic (exact) mass is 590 g/mol. The van der Waals surface area contributed by atoms with Crippen LogP contribution in [0.2, 0.25) is 0 Å². The molecule has 0 saturated carbocycles. The number of benzene rings is 2. The third kappa shape index (κ3) is 5.39. The van der Waals surface area contributed by atoms with Gasteiger partial charge in [-0.05, 0) is 50.2 Å². The molecule has 40 heavy (non-hydrogen) atoms. The van der Waals surface area contributed by atoms with Gasteiger partial charge < -0.3 is 20.3 Å². The quantitative estimate of drug-likeness (QED) is 0.401. The number of nitrogens with one attached hydrogen (secondary N) is 2. The molecule has 0 bridgehead atoms. The molecule has 14 heteroatoms. The maximum atomic E-state index is 13.6. The lowest BCUT2D eigenvalue weighted by molar-refractivity contribution is 0.213. The zero-order valence-electron chi connectivity index (χ0n) is 22.6. The van der Waals surface area contributed by atoms with Crippen LogP contribution in [0.1, 0.15) is 35.1 Å². The first-order chi connectivity index (χ1) is 19.3. The fraction of sp³-hybridized carbons (Fsp3) is 0.462. The van der Waals surface area contributed by atoms with Crippen LogP contribution in [0.15, 0.2) is 56.5 Å². The van der Waals surface area contributed by atoms with Crippen LogP contribution in [0.25, 0.3) is 0 Å². The van der Waals surface area contributed by atoms with Gasteiger partial charge in [0.25, 0.3) is 0 Å². The molecule has 0 amide bonds. The average Bonchev–Trinajstić information content (AvgIpc) is 3.41. The van der Waals surface area contributed by atoms with Gasteiger partial charge in [0.2, 0.25) is 20.0 Å². The smallest absolute Gasteiger partial charge is 0.243 e. The van der Waals surface area contributed by atoms with Gasteiger partial charge in [-0.15, -0.1) is 0 Å². The van der Waals surface area contributed by atoms with E-state index in [4.69, 9.17) is 9.68 Å². The molecule has 216 valence electrons. The zero-order valence-corrected chi connectivity index (χ0v) is 24.2. The van der Waals surface area contributed by atoms with Gasteiger partial charge in [-0.3, -0.25) is 0 Å². The predicted molar refractivity (Wildman–Crippen MR) is 151 cm³/mol. The van der Waals surface area contributed by atoms with Crippen LogP contribution in [0.3, 0.4) is 0 Å². The second-order valence-electron chi connectivity index (χ2n) is 9.67. The Morgan fingerprint density at radius 3 is 1.48 bits per heavy atom. The highest BCUT2D eigenvalue weighted by atomic mass is 32.2. The van der Waals surface area contributed by atoms with Crippen molar-refractivity contribution in [2.24, 2.45) is 10.3 Å². The molecule has 2 N–H and O–H groups in total. The molecule has 2 aromatic rings. The fourth-order valence-electron chi connectivity index (χ4n) is 5.26. The minimum Gasteiger partial charge on any atom is -0.399 e. The Morgan fingerprint density at radius 2 is 1.05 bits per heavy atom. The highest BCUT2D eigenvalue weighted by molar-refractivity contribution is 7.89. The van der Waals surface area contributed by atoms with E-state index in [0.29, 0.717) is 85.8 Å². The molecule has 0 aromatic heterocycles. The van der Waals surface area contributed by atoms with Crippen molar-refractivity contribution in [3.63, 3.8) is 0 Å². The molecule has 0 radical (unpaired) electrons. The van der Waals surface area contributed by atoms with Gasteiger partial charge in [-0.1, -0.05) is 22.4 Å². The van der Waals surface area contributed by atoms with Crippen molar-refractivity contribution in [2.45, 2.75) is 22.6 Å². The van der Waals surface area contributed by atoms with E-state index in [1.165, 1.54) is 22.8 Å². The Labute approximate surface area is 235 Å². The third-order valence-electron chi connectivity index (χ3n) is 7.24. The Bertz CT molecular complexity index is 1420. The minimum absolute atomic E-state index is 0.109. The van der Waals surface area contributed by atoms with Gasteiger partial charge in [0.15, 0.2) is 0 Å². The first-order valence-corrected chi connectivity index (χ1v) is 16.1. The van der Waals surface area contributed by atoms with Crippen molar-refractivity contribution in [3.05, 3.63) is 58.7 Å². The molecule has 5 rings (SSSR count). The topological polar surface area (TPSA) is 142 Å². The molecule has 0 unspecified atom stereocenters. The number of rotatable bonds is 6. The van der Waals surface area contributed by atoms with Crippen LogP contribution in [-0.4, -0.2) is 103 Å². The summed E-state index contributed by atoms with van der Waals surface area (Å²) < 4.78 is 57.4. The summed E-state index contributed by atoms with van der Waals surface area (Å²) in [6.07, 6.45) is 1.42. The van der Waals surface area contributed by atoms with Crippen molar-refractivity contribution < 1.29 is 26.5 Å². The van der Waals surface area contributed by atoms with Gasteiger partial charge in [0.1, 0.15) is 25.6 Å². The normalized spacial score (nSPS) is 19.1. The van der Waals surface area contributed by atoms with Gasteiger partial charge >= 0.3 is 0 Å². The number of sulfonamides is 2. The molecular formula is C26H34N6O6S2. The predicted octanol–water partition coefficient (Wildman–Crippen LogP) is 0.766. The van der Waals surface area contributed by atoms with Crippen molar-refractivity contribution in [1.29, 1.82) is 0 Å². The molecule has 2 saturated heterocycles. The summed E-state index contributed by atoms with van der Waals surface area (Å²) >= 11 is 0. The lowest BCUT2D eigenvalue weighted by Gasteiger charge is -2.26. The number of hydrogen-bond acceptors (Lipinski definition) is 10. The molecule has 0 spiro atoms. The maximum Gasteiger partial charge on any atom is 0.243 e. The van der Waals surface area contributed by atoms with E-state index in [1.54, 1.807) is 36.4 Å². The summed E-state index contributed by atoms with van der Waals surface area (Å²) in [5.74, 6) is 0. The Hall–Kier alpha value is -2.88. The molecule has 1 aliphatic carbocycles. The lowest BCUT2D eigenvalue weighted by atomic mass is 9.83. The summed E-state index contributed by atoms with van der Waals surface area (Å²) in [5, 5.41) is 14.9. The highest BCUT2D eigenvalue weighted by Gasteiger charge is 2.34. The first kappa shape index (κ1) is 28.6. The summed E-state index contributed by atoms with van der Waals surface area (Å²) in [4.78, 5) is 10.6. The number of hydrogen-bond donors (Lipinski definition) is 2. The SMILES string of the molecule is CON=C1c2ccc(S(=O)(=O)N3CCCNCC3)cc2C(=NOC)c2cc(S(=O)(=O)N3CCCNCC3)ccc21. The summed E-state index contributed by atoms with van der Waals surface area (Å²) in [6, 6.07) is 9.57. The van der Waals surface area contributed by atoms with Crippen molar-refractivity contribution in [2.75, 3.05) is 66.6 Å². The van der Waals surface area contributed by atoms with E-state index >= 15 is 0 Å². The van der Waals surface area contributed by atoms with Gasteiger partial charge in [-0.2, -0.15) is 8.61 Å². The number of nitrogens with zero attached hydrogens (tertiary/aromatic N) is 4. The third-order valence-corrected chi connectivity index (χ3v) is 11.0. The molecule has 2 aliphatic heterocycles. The Balaban J connectivity index is 1.63. The van der Waals surface area contributed by atoms with Crippen LogP contribution in [0.4, 0.5) is 0 Å². The fourth-order valence-corrected chi connectivity index (χ4v) is 8.27. The van der Waals surface area contributed by atoms with E-state index in [0.717, 1.165) is 13.1 Å². The molecule has 0 atom stereocenters. The van der Waals surface area contributed by atoms with E-state index in [2.05, 4.69) is 20.9 Å². The highest BCUT2D eigenvalue weighted by Crippen LogP contribution is 2.33. The molecule has 2 heterocycles. The number of fused-ring (bicyclic) bond motifs is 2. The molecule has 3 aliphatic rings. The second kappa shape index (κ2) is 11.9. The van der Waals surface area contributed by atoms with Crippen molar-refractivity contribution >= 4 is 31.5 Å². The van der Waals surface area contributed by atoms with Crippen LogP contribution < -0.4 is 10.6 Å². The summed E-state index contributed by atoms with van der Waals surface area (Å²) in [5.41, 5.74) is 2.84. The van der Waals surface area contributed by atoms with Crippen LogP contribution in [0.5, 0.6) is 0 Å². The lowest BCUT2D eigenvalue weighted by Crippen LogP contribution is -2.35. The minimum atomic E-state index is -3.80. The zero-order chi connectivity index (χ0) is 28.3. The molecular weight excluding hydrogens is 556 g/mol. The van der Waals surface area contributed by atoms with Crippen molar-refractivity contribution in [3.8, 4) is 0 Å². The second-order valence-corrected chi connectivity index (χ2v) is 13.6. The molecule has 2 fully saturated rings. The maximum absolute atomic E-state index is 13.6. The standard InChI is InChI=1S/C26H34N6O6S2/c1-37-29-25-21-7-5-19(39(33,34)31-13-3-9-27-11-15-31)17-23(21)26(30-38-2)24-18-20(6-8-22(24)25)40(35,36)32-14-4-10-28-12-16-32/h5-8,17-18,27-28H,3-4,9-16H2,1-2H3. The molecule has 12 nitrogen and oxygen atoms in total. The Morgan fingerprint density at radius 1 is 0.625 bits per heavy atom. The summed E-state index contributed by atoms with van der Waals surface area (Å²) in [6.45, 7) is 4.22. The number of oxime groups is 2.